The Labute approximate surface area is 115 Å². The van der Waals surface area contributed by atoms with Crippen molar-refractivity contribution in [2.24, 2.45) is 0 Å². The first-order valence-corrected chi connectivity index (χ1v) is 6.40. The lowest BCUT2D eigenvalue weighted by Gasteiger charge is -2.13. The van der Waals surface area contributed by atoms with E-state index in [2.05, 4.69) is 4.98 Å². The number of ether oxygens (including phenoxy) is 1. The Morgan fingerprint density at radius 3 is 3.00 bits per heavy atom. The molecule has 0 saturated heterocycles. The van der Waals surface area contributed by atoms with Crippen LogP contribution in [0.1, 0.15) is 19.9 Å². The van der Waals surface area contributed by atoms with Gasteiger partial charge in [0.1, 0.15) is 6.04 Å². The number of H-pyrrole nitrogens is 1. The van der Waals surface area contributed by atoms with Gasteiger partial charge in [-0.3, -0.25) is 0 Å². The Hall–Kier alpha value is -1.33. The summed E-state index contributed by atoms with van der Waals surface area (Å²) in [6.45, 7) is 3.85. The molecule has 0 fully saturated rings. The fourth-order valence-corrected chi connectivity index (χ4v) is 2.50. The molecule has 0 radical (unpaired) electrons. The molecule has 2 rings (SSSR count). The average molecular weight is 285 g/mol. The van der Waals surface area contributed by atoms with Gasteiger partial charge in [0, 0.05) is 0 Å². The van der Waals surface area contributed by atoms with Crippen LogP contribution in [0.4, 0.5) is 0 Å². The first-order chi connectivity index (χ1) is 8.56. The number of imidazole rings is 1. The summed E-state index contributed by atoms with van der Waals surface area (Å²) in [5.74, 6) is -0.325. The number of nitrogens with one attached hydrogen (secondary N) is 1. The molecule has 0 spiro atoms. The van der Waals surface area contributed by atoms with Gasteiger partial charge in [-0.05, 0) is 38.2 Å². The summed E-state index contributed by atoms with van der Waals surface area (Å²) in [4.78, 5) is 14.8. The molecule has 1 N–H and O–H groups in total. The maximum absolute atomic E-state index is 11.8. The van der Waals surface area contributed by atoms with Crippen molar-refractivity contribution in [3.05, 3.63) is 28.0 Å². The molecule has 0 aliphatic rings. The second-order valence-corrected chi connectivity index (χ2v) is 4.66. The Balaban J connectivity index is 2.60. The number of hydrogen-bond acceptors (Lipinski definition) is 3. The van der Waals surface area contributed by atoms with Gasteiger partial charge in [0.15, 0.2) is 4.77 Å². The second-order valence-electron chi connectivity index (χ2n) is 3.86. The van der Waals surface area contributed by atoms with Crippen LogP contribution >= 0.6 is 23.8 Å². The number of halogens is 1. The number of nitrogens with zero attached hydrogens (tertiary/aromatic N) is 1. The van der Waals surface area contributed by atoms with Gasteiger partial charge in [-0.2, -0.15) is 0 Å². The standard InChI is InChI=1S/C12H13ClN2O2S/c1-3-17-11(16)7(2)15-10-8(13)5-4-6-9(10)14-12(15)18/h4-7H,3H2,1-2H3,(H,14,18). The molecule has 18 heavy (non-hydrogen) atoms. The summed E-state index contributed by atoms with van der Waals surface area (Å²) in [5.41, 5.74) is 1.54. The molecule has 0 aliphatic heterocycles. The number of rotatable bonds is 3. The number of carbonyl (C=O) groups is 1. The van der Waals surface area contributed by atoms with E-state index >= 15 is 0 Å². The Kier molecular flexibility index (Phi) is 3.73. The maximum Gasteiger partial charge on any atom is 0.328 e. The number of hydrogen-bond donors (Lipinski definition) is 1. The van der Waals surface area contributed by atoms with Crippen molar-refractivity contribution in [3.8, 4) is 0 Å². The number of aromatic nitrogens is 2. The lowest BCUT2D eigenvalue weighted by molar-refractivity contribution is -0.146. The van der Waals surface area contributed by atoms with Crippen LogP contribution in [0.15, 0.2) is 18.2 Å². The molecule has 1 unspecified atom stereocenters. The number of aromatic amines is 1. The van der Waals surface area contributed by atoms with Crippen LogP contribution in [0.25, 0.3) is 11.0 Å². The van der Waals surface area contributed by atoms with E-state index in [0.717, 1.165) is 11.0 Å². The van der Waals surface area contributed by atoms with Crippen molar-refractivity contribution in [1.29, 1.82) is 0 Å². The SMILES string of the molecule is CCOC(=O)C(C)n1c(=S)[nH]c2cccc(Cl)c21. The van der Waals surface area contributed by atoms with Crippen LogP contribution in [0.5, 0.6) is 0 Å². The zero-order chi connectivity index (χ0) is 13.3. The summed E-state index contributed by atoms with van der Waals surface area (Å²) in [6.07, 6.45) is 0. The minimum absolute atomic E-state index is 0.325. The number of esters is 1. The van der Waals surface area contributed by atoms with E-state index in [1.165, 1.54) is 0 Å². The lowest BCUT2D eigenvalue weighted by Crippen LogP contribution is -2.19. The van der Waals surface area contributed by atoms with Gasteiger partial charge >= 0.3 is 5.97 Å². The van der Waals surface area contributed by atoms with Crippen molar-refractivity contribution in [2.45, 2.75) is 19.9 Å². The Morgan fingerprint density at radius 1 is 1.61 bits per heavy atom. The number of carbonyl (C=O) groups excluding carboxylic acids is 1. The molecule has 0 bridgehead atoms. The second kappa shape index (κ2) is 5.12. The molecule has 6 heteroatoms. The monoisotopic (exact) mass is 284 g/mol. The summed E-state index contributed by atoms with van der Waals surface area (Å²) < 4.78 is 7.15. The molecule has 1 aromatic heterocycles. The molecular weight excluding hydrogens is 272 g/mol. The van der Waals surface area contributed by atoms with Crippen molar-refractivity contribution in [2.75, 3.05) is 6.61 Å². The van der Waals surface area contributed by atoms with Gasteiger partial charge in [-0.15, -0.1) is 0 Å². The zero-order valence-electron chi connectivity index (χ0n) is 10.1. The van der Waals surface area contributed by atoms with E-state index in [1.807, 2.05) is 12.1 Å². The molecule has 1 aromatic carbocycles. The van der Waals surface area contributed by atoms with E-state index in [9.17, 15) is 4.79 Å². The fourth-order valence-electron chi connectivity index (χ4n) is 1.88. The van der Waals surface area contributed by atoms with Crippen LogP contribution in [-0.2, 0) is 9.53 Å². The van der Waals surface area contributed by atoms with Crippen LogP contribution in [0, 0.1) is 4.77 Å². The minimum Gasteiger partial charge on any atom is -0.464 e. The van der Waals surface area contributed by atoms with Gasteiger partial charge in [0.2, 0.25) is 0 Å². The van der Waals surface area contributed by atoms with Crippen LogP contribution in [0.2, 0.25) is 5.02 Å². The predicted octanol–water partition coefficient (Wildman–Crippen LogP) is 3.48. The fraction of sp³-hybridized carbons (Fsp3) is 0.333. The highest BCUT2D eigenvalue weighted by atomic mass is 35.5. The quantitative estimate of drug-likeness (QED) is 0.693. The third kappa shape index (κ3) is 2.15. The van der Waals surface area contributed by atoms with Crippen LogP contribution < -0.4 is 0 Å². The van der Waals surface area contributed by atoms with Gasteiger partial charge in [-0.25, -0.2) is 4.79 Å². The first kappa shape index (κ1) is 13.1. The van der Waals surface area contributed by atoms with Crippen LogP contribution in [0.3, 0.4) is 0 Å². The topological polar surface area (TPSA) is 47.0 Å². The highest BCUT2D eigenvalue weighted by molar-refractivity contribution is 7.71. The van der Waals surface area contributed by atoms with E-state index in [1.54, 1.807) is 24.5 Å². The number of para-hydroxylation sites is 1. The molecule has 0 saturated carbocycles. The molecule has 1 heterocycles. The third-order valence-corrected chi connectivity index (χ3v) is 3.31. The van der Waals surface area contributed by atoms with Gasteiger partial charge in [0.25, 0.3) is 0 Å². The van der Waals surface area contributed by atoms with Crippen molar-refractivity contribution in [3.63, 3.8) is 0 Å². The van der Waals surface area contributed by atoms with Crippen molar-refractivity contribution >= 4 is 40.8 Å². The Morgan fingerprint density at radius 2 is 2.33 bits per heavy atom. The number of benzene rings is 1. The first-order valence-electron chi connectivity index (χ1n) is 5.61. The van der Waals surface area contributed by atoms with Gasteiger partial charge < -0.3 is 14.3 Å². The summed E-state index contributed by atoms with van der Waals surface area (Å²) in [5, 5.41) is 0.552. The minimum atomic E-state index is -0.508. The summed E-state index contributed by atoms with van der Waals surface area (Å²) in [7, 11) is 0. The molecule has 4 nitrogen and oxygen atoms in total. The van der Waals surface area contributed by atoms with E-state index < -0.39 is 6.04 Å². The van der Waals surface area contributed by atoms with Gasteiger partial charge in [-0.1, -0.05) is 17.7 Å². The smallest absolute Gasteiger partial charge is 0.328 e. The Bertz CT molecular complexity index is 647. The highest BCUT2D eigenvalue weighted by Gasteiger charge is 2.20. The molecule has 0 amide bonds. The van der Waals surface area contributed by atoms with Crippen LogP contribution in [-0.4, -0.2) is 22.1 Å². The molecule has 2 aromatic rings. The zero-order valence-corrected chi connectivity index (χ0v) is 11.6. The largest absolute Gasteiger partial charge is 0.464 e. The van der Waals surface area contributed by atoms with Gasteiger partial charge in [0.05, 0.1) is 22.7 Å². The lowest BCUT2D eigenvalue weighted by atomic mass is 10.3. The normalized spacial score (nSPS) is 12.6. The molecular formula is C12H13ClN2O2S. The van der Waals surface area contributed by atoms with Crippen molar-refractivity contribution < 1.29 is 9.53 Å². The molecule has 0 aliphatic carbocycles. The molecule has 1 atom stereocenters. The third-order valence-electron chi connectivity index (χ3n) is 2.70. The van der Waals surface area contributed by atoms with E-state index in [-0.39, 0.29) is 5.97 Å². The van der Waals surface area contributed by atoms with Crippen molar-refractivity contribution in [1.82, 2.24) is 9.55 Å². The van der Waals surface area contributed by atoms with E-state index in [0.29, 0.717) is 16.4 Å². The highest BCUT2D eigenvalue weighted by Crippen LogP contribution is 2.26. The predicted molar refractivity (Wildman–Crippen MR) is 73.5 cm³/mol. The van der Waals surface area contributed by atoms with E-state index in [4.69, 9.17) is 28.6 Å². The maximum atomic E-state index is 11.8. The average Bonchev–Trinajstić information content (AvgIpc) is 2.66. The summed E-state index contributed by atoms with van der Waals surface area (Å²) >= 11 is 11.4. The number of fused-ring (bicyclic) bond motifs is 1. The molecule has 96 valence electrons. The summed E-state index contributed by atoms with van der Waals surface area (Å²) in [6, 6.07) is 4.95.